The maximum atomic E-state index is 12.0. The molecule has 1 amide bonds. The molecule has 2 aromatic rings. The van der Waals surface area contributed by atoms with Gasteiger partial charge in [0, 0.05) is 38.3 Å². The van der Waals surface area contributed by atoms with E-state index in [1.807, 2.05) is 48.5 Å². The smallest absolute Gasteiger partial charge is 0.225 e. The molecule has 0 heterocycles. The number of benzene rings is 2. The number of para-hydroxylation sites is 1. The number of amides is 1. The van der Waals surface area contributed by atoms with Crippen LogP contribution < -0.4 is 11.1 Å². The molecule has 2 rings (SSSR count). The second-order valence-corrected chi connectivity index (χ2v) is 5.21. The molecule has 0 atom stereocenters. The van der Waals surface area contributed by atoms with E-state index in [0.717, 1.165) is 18.8 Å². The van der Waals surface area contributed by atoms with E-state index in [0.29, 0.717) is 19.5 Å². The highest BCUT2D eigenvalue weighted by atomic mass is 16.1. The summed E-state index contributed by atoms with van der Waals surface area (Å²) < 4.78 is 0. The van der Waals surface area contributed by atoms with E-state index in [2.05, 4.69) is 22.3 Å². The second-order valence-electron chi connectivity index (χ2n) is 5.21. The van der Waals surface area contributed by atoms with Crippen LogP contribution in [-0.2, 0) is 11.3 Å². The molecule has 116 valence electrons. The standard InChI is InChI=1S/C18H23N3O/c19-12-14-21(15-16-7-3-1-4-8-16)13-11-18(22)20-17-9-5-2-6-10-17/h1-10H,11-15,19H2,(H,20,22). The Bertz CT molecular complexity index is 557. The van der Waals surface area contributed by atoms with Crippen molar-refractivity contribution < 1.29 is 4.79 Å². The molecule has 0 aromatic heterocycles. The van der Waals surface area contributed by atoms with Gasteiger partial charge in [0.05, 0.1) is 0 Å². The highest BCUT2D eigenvalue weighted by Crippen LogP contribution is 2.07. The highest BCUT2D eigenvalue weighted by Gasteiger charge is 2.08. The Morgan fingerprint density at radius 1 is 0.955 bits per heavy atom. The molecule has 0 saturated heterocycles. The van der Waals surface area contributed by atoms with Gasteiger partial charge in [-0.25, -0.2) is 0 Å². The lowest BCUT2D eigenvalue weighted by molar-refractivity contribution is -0.116. The van der Waals surface area contributed by atoms with Crippen molar-refractivity contribution in [3.05, 3.63) is 66.2 Å². The van der Waals surface area contributed by atoms with Crippen LogP contribution in [0, 0.1) is 0 Å². The van der Waals surface area contributed by atoms with Crippen molar-refractivity contribution in [2.45, 2.75) is 13.0 Å². The average Bonchev–Trinajstić information content (AvgIpc) is 2.55. The van der Waals surface area contributed by atoms with E-state index in [9.17, 15) is 4.79 Å². The molecule has 2 aromatic carbocycles. The van der Waals surface area contributed by atoms with Crippen LogP contribution in [0.2, 0.25) is 0 Å². The topological polar surface area (TPSA) is 58.4 Å². The zero-order chi connectivity index (χ0) is 15.6. The van der Waals surface area contributed by atoms with Gasteiger partial charge in [0.1, 0.15) is 0 Å². The number of rotatable bonds is 8. The maximum Gasteiger partial charge on any atom is 0.225 e. The summed E-state index contributed by atoms with van der Waals surface area (Å²) in [5, 5.41) is 2.91. The molecule has 3 N–H and O–H groups in total. The van der Waals surface area contributed by atoms with Gasteiger partial charge in [0.25, 0.3) is 0 Å². The Morgan fingerprint density at radius 2 is 1.59 bits per heavy atom. The monoisotopic (exact) mass is 297 g/mol. The fourth-order valence-corrected chi connectivity index (χ4v) is 2.30. The molecular formula is C18H23N3O. The first-order chi connectivity index (χ1) is 10.8. The average molecular weight is 297 g/mol. The number of nitrogens with zero attached hydrogens (tertiary/aromatic N) is 1. The Balaban J connectivity index is 1.82. The van der Waals surface area contributed by atoms with Gasteiger partial charge in [-0.15, -0.1) is 0 Å². The third-order valence-corrected chi connectivity index (χ3v) is 3.41. The summed E-state index contributed by atoms with van der Waals surface area (Å²) in [5.41, 5.74) is 7.74. The van der Waals surface area contributed by atoms with Gasteiger partial charge in [-0.3, -0.25) is 9.69 Å². The zero-order valence-corrected chi connectivity index (χ0v) is 12.7. The predicted molar refractivity (Wildman–Crippen MR) is 90.5 cm³/mol. The lowest BCUT2D eigenvalue weighted by Gasteiger charge is -2.21. The number of nitrogens with one attached hydrogen (secondary N) is 1. The summed E-state index contributed by atoms with van der Waals surface area (Å²) in [6, 6.07) is 19.8. The molecule has 0 aliphatic rings. The Morgan fingerprint density at radius 3 is 2.23 bits per heavy atom. The molecule has 0 fully saturated rings. The Labute approximate surface area is 131 Å². The van der Waals surface area contributed by atoms with Gasteiger partial charge in [-0.2, -0.15) is 0 Å². The second kappa shape index (κ2) is 8.97. The van der Waals surface area contributed by atoms with Crippen molar-refractivity contribution in [3.63, 3.8) is 0 Å². The minimum atomic E-state index is 0.0290. The quantitative estimate of drug-likeness (QED) is 0.787. The van der Waals surface area contributed by atoms with Gasteiger partial charge in [0.2, 0.25) is 5.91 Å². The van der Waals surface area contributed by atoms with Gasteiger partial charge in [-0.1, -0.05) is 48.5 Å². The minimum absolute atomic E-state index is 0.0290. The highest BCUT2D eigenvalue weighted by molar-refractivity contribution is 5.90. The van der Waals surface area contributed by atoms with Crippen LogP contribution in [0.25, 0.3) is 0 Å². The summed E-state index contributed by atoms with van der Waals surface area (Å²) in [6.07, 6.45) is 0.460. The van der Waals surface area contributed by atoms with Crippen molar-refractivity contribution in [1.82, 2.24) is 4.90 Å². The van der Waals surface area contributed by atoms with Crippen LogP contribution in [0.4, 0.5) is 5.69 Å². The lowest BCUT2D eigenvalue weighted by atomic mass is 10.2. The zero-order valence-electron chi connectivity index (χ0n) is 12.7. The summed E-state index contributed by atoms with van der Waals surface area (Å²) in [4.78, 5) is 14.2. The normalized spacial score (nSPS) is 10.6. The number of carbonyl (C=O) groups is 1. The van der Waals surface area contributed by atoms with Gasteiger partial charge < -0.3 is 11.1 Å². The number of carbonyl (C=O) groups excluding carboxylic acids is 1. The largest absolute Gasteiger partial charge is 0.329 e. The molecule has 0 bridgehead atoms. The van der Waals surface area contributed by atoms with Crippen LogP contribution in [0.5, 0.6) is 0 Å². The molecular weight excluding hydrogens is 274 g/mol. The number of hydrogen-bond acceptors (Lipinski definition) is 3. The molecule has 0 aliphatic carbocycles. The van der Waals surface area contributed by atoms with Crippen LogP contribution in [-0.4, -0.2) is 30.4 Å². The molecule has 0 saturated carbocycles. The first-order valence-corrected chi connectivity index (χ1v) is 7.59. The fraction of sp³-hybridized carbons (Fsp3) is 0.278. The first kappa shape index (κ1) is 16.2. The number of anilines is 1. The lowest BCUT2D eigenvalue weighted by Crippen LogP contribution is -2.32. The van der Waals surface area contributed by atoms with Crippen LogP contribution >= 0.6 is 0 Å². The summed E-state index contributed by atoms with van der Waals surface area (Å²) in [6.45, 7) is 2.89. The maximum absolute atomic E-state index is 12.0. The number of hydrogen-bond donors (Lipinski definition) is 2. The van der Waals surface area contributed by atoms with Crippen LogP contribution in [0.15, 0.2) is 60.7 Å². The predicted octanol–water partition coefficient (Wildman–Crippen LogP) is 2.48. The van der Waals surface area contributed by atoms with Gasteiger partial charge in [-0.05, 0) is 17.7 Å². The summed E-state index contributed by atoms with van der Waals surface area (Å²) in [5.74, 6) is 0.0290. The molecule has 4 heteroatoms. The van der Waals surface area contributed by atoms with Crippen LogP contribution in [0.1, 0.15) is 12.0 Å². The van der Waals surface area contributed by atoms with E-state index >= 15 is 0 Å². The van der Waals surface area contributed by atoms with Crippen molar-refractivity contribution in [3.8, 4) is 0 Å². The third kappa shape index (κ3) is 5.68. The Kier molecular flexibility index (Phi) is 6.61. The SMILES string of the molecule is NCCN(CCC(=O)Nc1ccccc1)Cc1ccccc1. The van der Waals surface area contributed by atoms with E-state index < -0.39 is 0 Å². The third-order valence-electron chi connectivity index (χ3n) is 3.41. The molecule has 0 spiro atoms. The van der Waals surface area contributed by atoms with Crippen molar-refractivity contribution in [2.24, 2.45) is 5.73 Å². The molecule has 0 aliphatic heterocycles. The van der Waals surface area contributed by atoms with E-state index in [1.54, 1.807) is 0 Å². The van der Waals surface area contributed by atoms with E-state index in [4.69, 9.17) is 5.73 Å². The van der Waals surface area contributed by atoms with E-state index in [1.165, 1.54) is 5.56 Å². The van der Waals surface area contributed by atoms with Crippen molar-refractivity contribution >= 4 is 11.6 Å². The molecule has 0 radical (unpaired) electrons. The van der Waals surface area contributed by atoms with Gasteiger partial charge in [0.15, 0.2) is 0 Å². The fourth-order valence-electron chi connectivity index (χ4n) is 2.30. The molecule has 4 nitrogen and oxygen atoms in total. The first-order valence-electron chi connectivity index (χ1n) is 7.59. The molecule has 0 unspecified atom stereocenters. The summed E-state index contributed by atoms with van der Waals surface area (Å²) in [7, 11) is 0. The van der Waals surface area contributed by atoms with Crippen molar-refractivity contribution in [2.75, 3.05) is 25.0 Å². The Hall–Kier alpha value is -2.17. The number of nitrogens with two attached hydrogens (primary N) is 1. The summed E-state index contributed by atoms with van der Waals surface area (Å²) >= 11 is 0. The van der Waals surface area contributed by atoms with Crippen LogP contribution in [0.3, 0.4) is 0 Å². The van der Waals surface area contributed by atoms with Gasteiger partial charge >= 0.3 is 0 Å². The van der Waals surface area contributed by atoms with E-state index in [-0.39, 0.29) is 5.91 Å². The molecule has 22 heavy (non-hydrogen) atoms. The van der Waals surface area contributed by atoms with Crippen molar-refractivity contribution in [1.29, 1.82) is 0 Å². The minimum Gasteiger partial charge on any atom is -0.329 e.